The van der Waals surface area contributed by atoms with Crippen molar-refractivity contribution in [2.75, 3.05) is 7.05 Å². The average molecular weight is 286 g/mol. The summed E-state index contributed by atoms with van der Waals surface area (Å²) in [6.45, 7) is 0. The van der Waals surface area contributed by atoms with E-state index in [0.29, 0.717) is 17.0 Å². The van der Waals surface area contributed by atoms with Gasteiger partial charge in [0.1, 0.15) is 0 Å². The molecule has 1 unspecified atom stereocenters. The van der Waals surface area contributed by atoms with Gasteiger partial charge in [0, 0.05) is 7.05 Å². The summed E-state index contributed by atoms with van der Waals surface area (Å²) in [6.07, 6.45) is 2.05. The van der Waals surface area contributed by atoms with E-state index in [2.05, 4.69) is 10.4 Å². The number of nitrogens with zero attached hydrogens (tertiary/aromatic N) is 2. The summed E-state index contributed by atoms with van der Waals surface area (Å²) in [6, 6.07) is 3.77. The van der Waals surface area contributed by atoms with Crippen LogP contribution in [-0.2, 0) is 13.5 Å². The van der Waals surface area contributed by atoms with Crippen LogP contribution in [0.1, 0.15) is 17.3 Å². The molecule has 102 valence electrons. The quantitative estimate of drug-likeness (QED) is 0.936. The van der Waals surface area contributed by atoms with E-state index in [-0.39, 0.29) is 6.04 Å². The number of likely N-dealkylation sites (N-methyl/N-ethyl adjacent to an activating group) is 1. The fraction of sp³-hybridized carbons (Fsp3) is 0.308. The second kappa shape index (κ2) is 5.67. The molecule has 0 amide bonds. The standard InChI is InChI=1S/C13H14ClF2N3/c1-17-12(13-9(14)7-18-19(13)2)6-8-3-4-10(15)11(16)5-8/h3-5,7,12,17H,6H2,1-2H3. The molecule has 0 saturated heterocycles. The van der Waals surface area contributed by atoms with Crippen molar-refractivity contribution in [1.82, 2.24) is 15.1 Å². The van der Waals surface area contributed by atoms with Crippen LogP contribution in [0.25, 0.3) is 0 Å². The van der Waals surface area contributed by atoms with E-state index in [1.54, 1.807) is 31.0 Å². The van der Waals surface area contributed by atoms with Gasteiger partial charge in [-0.25, -0.2) is 8.78 Å². The summed E-state index contributed by atoms with van der Waals surface area (Å²) in [5, 5.41) is 7.72. The van der Waals surface area contributed by atoms with E-state index < -0.39 is 11.6 Å². The van der Waals surface area contributed by atoms with Gasteiger partial charge in [-0.05, 0) is 31.2 Å². The van der Waals surface area contributed by atoms with Crippen LogP contribution in [0.4, 0.5) is 8.78 Å². The first kappa shape index (κ1) is 14.0. The van der Waals surface area contributed by atoms with Crippen LogP contribution < -0.4 is 5.32 Å². The summed E-state index contributed by atoms with van der Waals surface area (Å²) < 4.78 is 27.8. The van der Waals surface area contributed by atoms with Crippen LogP contribution in [0.15, 0.2) is 24.4 Å². The van der Waals surface area contributed by atoms with E-state index in [4.69, 9.17) is 11.6 Å². The SMILES string of the molecule is CNC(Cc1ccc(F)c(F)c1)c1c(Cl)cnn1C. The summed E-state index contributed by atoms with van der Waals surface area (Å²) >= 11 is 6.08. The predicted molar refractivity (Wildman–Crippen MR) is 70.1 cm³/mol. The second-order valence-electron chi connectivity index (χ2n) is 4.30. The van der Waals surface area contributed by atoms with Gasteiger partial charge in [-0.3, -0.25) is 4.68 Å². The molecule has 2 aromatic rings. The second-order valence-corrected chi connectivity index (χ2v) is 4.70. The summed E-state index contributed by atoms with van der Waals surface area (Å²) in [5.41, 5.74) is 1.50. The molecule has 6 heteroatoms. The zero-order valence-electron chi connectivity index (χ0n) is 10.6. The Morgan fingerprint density at radius 1 is 1.37 bits per heavy atom. The van der Waals surface area contributed by atoms with Crippen molar-refractivity contribution in [3.05, 3.63) is 52.3 Å². The van der Waals surface area contributed by atoms with Gasteiger partial charge in [0.15, 0.2) is 11.6 Å². The zero-order valence-corrected chi connectivity index (χ0v) is 11.4. The van der Waals surface area contributed by atoms with Crippen molar-refractivity contribution in [3.8, 4) is 0 Å². The molecule has 0 spiro atoms. The van der Waals surface area contributed by atoms with E-state index in [9.17, 15) is 8.78 Å². The van der Waals surface area contributed by atoms with Gasteiger partial charge in [-0.2, -0.15) is 5.10 Å². The fourth-order valence-corrected chi connectivity index (χ4v) is 2.35. The number of aromatic nitrogens is 2. The highest BCUT2D eigenvalue weighted by molar-refractivity contribution is 6.31. The highest BCUT2D eigenvalue weighted by Gasteiger charge is 2.18. The topological polar surface area (TPSA) is 29.9 Å². The molecule has 19 heavy (non-hydrogen) atoms. The van der Waals surface area contributed by atoms with Gasteiger partial charge in [-0.1, -0.05) is 17.7 Å². The lowest BCUT2D eigenvalue weighted by atomic mass is 10.0. The monoisotopic (exact) mass is 285 g/mol. The number of nitrogens with one attached hydrogen (secondary N) is 1. The average Bonchev–Trinajstić information content (AvgIpc) is 2.71. The minimum Gasteiger partial charge on any atom is -0.311 e. The fourth-order valence-electron chi connectivity index (χ4n) is 2.05. The van der Waals surface area contributed by atoms with Crippen molar-refractivity contribution in [1.29, 1.82) is 0 Å². The molecule has 1 aromatic carbocycles. The molecule has 0 saturated carbocycles. The van der Waals surface area contributed by atoms with E-state index in [1.165, 1.54) is 6.07 Å². The van der Waals surface area contributed by atoms with Gasteiger partial charge in [0.25, 0.3) is 0 Å². The van der Waals surface area contributed by atoms with Crippen LogP contribution in [-0.4, -0.2) is 16.8 Å². The van der Waals surface area contributed by atoms with Crippen LogP contribution in [0.5, 0.6) is 0 Å². The summed E-state index contributed by atoms with van der Waals surface area (Å²) in [7, 11) is 3.57. The predicted octanol–water partition coefficient (Wildman–Crippen LogP) is 2.85. The molecule has 0 aliphatic heterocycles. The molecule has 1 atom stereocenters. The maximum atomic E-state index is 13.2. The van der Waals surface area contributed by atoms with Gasteiger partial charge in [0.2, 0.25) is 0 Å². The summed E-state index contributed by atoms with van der Waals surface area (Å²) in [4.78, 5) is 0. The molecule has 0 fully saturated rings. The molecular weight excluding hydrogens is 272 g/mol. The number of hydrogen-bond donors (Lipinski definition) is 1. The molecule has 2 rings (SSSR count). The molecule has 3 nitrogen and oxygen atoms in total. The van der Waals surface area contributed by atoms with Crippen molar-refractivity contribution in [2.24, 2.45) is 7.05 Å². The van der Waals surface area contributed by atoms with Crippen LogP contribution in [0, 0.1) is 11.6 Å². The van der Waals surface area contributed by atoms with Gasteiger partial charge in [0.05, 0.1) is 23.0 Å². The number of benzene rings is 1. The molecule has 0 bridgehead atoms. The third-order valence-corrected chi connectivity index (χ3v) is 3.33. The minimum atomic E-state index is -0.844. The maximum Gasteiger partial charge on any atom is 0.159 e. The maximum absolute atomic E-state index is 13.2. The van der Waals surface area contributed by atoms with Crippen molar-refractivity contribution in [2.45, 2.75) is 12.5 Å². The van der Waals surface area contributed by atoms with Crippen LogP contribution >= 0.6 is 11.6 Å². The Hall–Kier alpha value is -1.46. The number of hydrogen-bond acceptors (Lipinski definition) is 2. The highest BCUT2D eigenvalue weighted by atomic mass is 35.5. The third-order valence-electron chi connectivity index (χ3n) is 3.04. The van der Waals surface area contributed by atoms with Crippen molar-refractivity contribution >= 4 is 11.6 Å². The van der Waals surface area contributed by atoms with Crippen LogP contribution in [0.3, 0.4) is 0 Å². The van der Waals surface area contributed by atoms with Crippen LogP contribution in [0.2, 0.25) is 5.02 Å². The number of halogens is 3. The summed E-state index contributed by atoms with van der Waals surface area (Å²) in [5.74, 6) is -1.69. The lowest BCUT2D eigenvalue weighted by Gasteiger charge is -2.17. The van der Waals surface area contributed by atoms with E-state index in [0.717, 1.165) is 11.8 Å². The van der Waals surface area contributed by atoms with Gasteiger partial charge in [-0.15, -0.1) is 0 Å². The molecule has 0 aliphatic carbocycles. The molecular formula is C13H14ClF2N3. The molecule has 1 N–H and O–H groups in total. The van der Waals surface area contributed by atoms with Gasteiger partial charge < -0.3 is 5.32 Å². The molecule has 1 aromatic heterocycles. The first-order chi connectivity index (χ1) is 9.02. The Kier molecular flexibility index (Phi) is 4.17. The lowest BCUT2D eigenvalue weighted by molar-refractivity contribution is 0.501. The normalized spacial score (nSPS) is 12.7. The van der Waals surface area contributed by atoms with E-state index >= 15 is 0 Å². The Morgan fingerprint density at radius 3 is 2.63 bits per heavy atom. The Labute approximate surface area is 115 Å². The van der Waals surface area contributed by atoms with Crippen molar-refractivity contribution < 1.29 is 8.78 Å². The highest BCUT2D eigenvalue weighted by Crippen LogP contribution is 2.25. The molecule has 1 heterocycles. The lowest BCUT2D eigenvalue weighted by Crippen LogP contribution is -2.22. The largest absolute Gasteiger partial charge is 0.311 e. The zero-order chi connectivity index (χ0) is 14.0. The first-order valence-corrected chi connectivity index (χ1v) is 6.19. The molecule has 0 aliphatic rings. The smallest absolute Gasteiger partial charge is 0.159 e. The Bertz CT molecular complexity index is 564. The Morgan fingerprint density at radius 2 is 2.11 bits per heavy atom. The Balaban J connectivity index is 2.26. The molecule has 0 radical (unpaired) electrons. The van der Waals surface area contributed by atoms with Gasteiger partial charge >= 0.3 is 0 Å². The minimum absolute atomic E-state index is 0.120. The van der Waals surface area contributed by atoms with E-state index in [1.807, 2.05) is 0 Å². The third kappa shape index (κ3) is 2.93. The number of aryl methyl sites for hydroxylation is 1. The first-order valence-electron chi connectivity index (χ1n) is 5.81. The van der Waals surface area contributed by atoms with Crippen molar-refractivity contribution in [3.63, 3.8) is 0 Å². The number of rotatable bonds is 4.